The molecule has 310 valence electrons. The molecule has 0 radical (unpaired) electrons. The number of nitrogens with zero attached hydrogens (tertiary/aromatic N) is 2. The summed E-state index contributed by atoms with van der Waals surface area (Å²) in [7, 11) is 0. The highest BCUT2D eigenvalue weighted by Crippen LogP contribution is 2.50. The summed E-state index contributed by atoms with van der Waals surface area (Å²) in [6, 6.07) is 95.0. The minimum Gasteiger partial charge on any atom is -0.228 e. The summed E-state index contributed by atoms with van der Waals surface area (Å²) in [6.45, 7) is 0. The molecule has 1 heterocycles. The molecule has 0 saturated heterocycles. The Morgan fingerprint density at radius 3 is 0.924 bits per heavy atom. The van der Waals surface area contributed by atoms with Gasteiger partial charge in [0.25, 0.3) is 0 Å². The molecule has 0 spiro atoms. The highest BCUT2D eigenvalue weighted by atomic mass is 14.9. The van der Waals surface area contributed by atoms with Crippen LogP contribution < -0.4 is 0 Å². The van der Waals surface area contributed by atoms with Crippen LogP contribution in [-0.4, -0.2) is 9.97 Å². The summed E-state index contributed by atoms with van der Waals surface area (Å²) in [5.74, 6) is 0.660. The smallest absolute Gasteiger partial charge is 0.160 e. The van der Waals surface area contributed by atoms with Gasteiger partial charge in [-0.15, -0.1) is 0 Å². The van der Waals surface area contributed by atoms with Crippen LogP contribution in [0.1, 0.15) is 0 Å². The van der Waals surface area contributed by atoms with Gasteiger partial charge in [0.05, 0.1) is 11.4 Å². The van der Waals surface area contributed by atoms with E-state index >= 15 is 0 Å². The Hall–Kier alpha value is -8.72. The van der Waals surface area contributed by atoms with Gasteiger partial charge >= 0.3 is 0 Å². The van der Waals surface area contributed by atoms with Crippen LogP contribution in [0.15, 0.2) is 267 Å². The topological polar surface area (TPSA) is 25.8 Å². The van der Waals surface area contributed by atoms with Gasteiger partial charge in [0.1, 0.15) is 0 Å². The molecule has 2 nitrogen and oxygen atoms in total. The summed E-state index contributed by atoms with van der Waals surface area (Å²) >= 11 is 0. The van der Waals surface area contributed by atoms with Gasteiger partial charge in [-0.3, -0.25) is 0 Å². The van der Waals surface area contributed by atoms with Gasteiger partial charge in [0.15, 0.2) is 5.82 Å². The quantitative estimate of drug-likeness (QED) is 0.137. The van der Waals surface area contributed by atoms with Crippen molar-refractivity contribution in [3.63, 3.8) is 0 Å². The minimum atomic E-state index is 0.660. The van der Waals surface area contributed by atoms with Crippen LogP contribution in [0, 0.1) is 0 Å². The largest absolute Gasteiger partial charge is 0.228 e. The molecule has 0 bridgehead atoms. The third-order valence-corrected chi connectivity index (χ3v) is 12.3. The molecule has 0 unspecified atom stereocenters. The standard InChI is InChI=1S/C64H44N2/c1-7-22-45(23-8-1)51-34-19-37-54(40-51)59-44-60(55-38-20-35-52(41-55)46-24-9-2-10-25-46)66-64(65-59)56-39-21-36-53(42-56)58-43-57(47-26-11-3-12-27-47)61(48-28-13-4-14-29-48)63(50-32-17-6-18-33-50)62(58)49-30-15-5-16-31-49/h1-44H. The van der Waals surface area contributed by atoms with Crippen molar-refractivity contribution in [2.45, 2.75) is 0 Å². The second-order valence-corrected chi connectivity index (χ2v) is 16.5. The molecule has 66 heavy (non-hydrogen) atoms. The molecule has 1 aromatic heterocycles. The zero-order valence-electron chi connectivity index (χ0n) is 36.3. The van der Waals surface area contributed by atoms with Gasteiger partial charge in [-0.1, -0.05) is 237 Å². The minimum absolute atomic E-state index is 0.660. The van der Waals surface area contributed by atoms with Crippen molar-refractivity contribution in [1.82, 2.24) is 9.97 Å². The zero-order chi connectivity index (χ0) is 44.1. The summed E-state index contributed by atoms with van der Waals surface area (Å²) < 4.78 is 0. The van der Waals surface area contributed by atoms with E-state index in [-0.39, 0.29) is 0 Å². The summed E-state index contributed by atoms with van der Waals surface area (Å²) in [4.78, 5) is 10.8. The van der Waals surface area contributed by atoms with Crippen molar-refractivity contribution in [3.8, 4) is 112 Å². The van der Waals surface area contributed by atoms with Crippen molar-refractivity contribution >= 4 is 0 Å². The Morgan fingerprint density at radius 1 is 0.182 bits per heavy atom. The normalized spacial score (nSPS) is 11.0. The first-order chi connectivity index (χ1) is 32.7. The van der Waals surface area contributed by atoms with Gasteiger partial charge < -0.3 is 0 Å². The predicted octanol–water partition coefficient (Wildman–Crippen LogP) is 17.1. The first kappa shape index (κ1) is 40.1. The highest BCUT2D eigenvalue weighted by molar-refractivity contribution is 6.07. The molecule has 0 saturated carbocycles. The van der Waals surface area contributed by atoms with Crippen molar-refractivity contribution in [2.24, 2.45) is 0 Å². The lowest BCUT2D eigenvalue weighted by molar-refractivity contribution is 1.18. The summed E-state index contributed by atoms with van der Waals surface area (Å²) in [5.41, 5.74) is 20.8. The Bertz CT molecular complexity index is 3320. The number of rotatable bonds is 10. The van der Waals surface area contributed by atoms with Crippen LogP contribution in [0.2, 0.25) is 0 Å². The third kappa shape index (κ3) is 8.16. The number of hydrogen-bond donors (Lipinski definition) is 0. The van der Waals surface area contributed by atoms with Gasteiger partial charge in [-0.25, -0.2) is 9.97 Å². The molecule has 0 amide bonds. The first-order valence-corrected chi connectivity index (χ1v) is 22.5. The molecule has 11 rings (SSSR count). The molecule has 0 N–H and O–H groups in total. The van der Waals surface area contributed by atoms with E-state index in [1.165, 1.54) is 16.7 Å². The Morgan fingerprint density at radius 2 is 0.485 bits per heavy atom. The van der Waals surface area contributed by atoms with E-state index in [4.69, 9.17) is 9.97 Å². The van der Waals surface area contributed by atoms with Crippen molar-refractivity contribution in [2.75, 3.05) is 0 Å². The van der Waals surface area contributed by atoms with Crippen LogP contribution in [0.25, 0.3) is 112 Å². The summed E-state index contributed by atoms with van der Waals surface area (Å²) in [5, 5.41) is 0. The monoisotopic (exact) mass is 840 g/mol. The van der Waals surface area contributed by atoms with Crippen LogP contribution in [0.5, 0.6) is 0 Å². The molecule has 0 fully saturated rings. The van der Waals surface area contributed by atoms with Crippen molar-refractivity contribution < 1.29 is 0 Å². The molecule has 0 aliphatic heterocycles. The number of hydrogen-bond acceptors (Lipinski definition) is 2. The molecule has 2 heteroatoms. The molecule has 0 aliphatic carbocycles. The van der Waals surface area contributed by atoms with E-state index in [1.807, 2.05) is 0 Å². The second-order valence-electron chi connectivity index (χ2n) is 16.5. The Balaban J connectivity index is 1.15. The molecule has 0 aliphatic rings. The van der Waals surface area contributed by atoms with E-state index in [1.54, 1.807) is 0 Å². The lowest BCUT2D eigenvalue weighted by atomic mass is 9.79. The van der Waals surface area contributed by atoms with Crippen molar-refractivity contribution in [3.05, 3.63) is 267 Å². The van der Waals surface area contributed by atoms with Crippen LogP contribution in [-0.2, 0) is 0 Å². The predicted molar refractivity (Wildman–Crippen MR) is 276 cm³/mol. The van der Waals surface area contributed by atoms with E-state index in [0.29, 0.717) is 5.82 Å². The SMILES string of the molecule is c1ccc(-c2cccc(-c3cc(-c4cccc(-c5ccccc5)c4)nc(-c4cccc(-c5cc(-c6ccccc6)c(-c6ccccc6)c(-c6ccccc6)c5-c5ccccc5)c4)n3)c2)cc1. The average Bonchev–Trinajstić information content (AvgIpc) is 3.41. The van der Waals surface area contributed by atoms with E-state index in [2.05, 4.69) is 267 Å². The lowest BCUT2D eigenvalue weighted by Crippen LogP contribution is -1.99. The van der Waals surface area contributed by atoms with Gasteiger partial charge in [0.2, 0.25) is 0 Å². The van der Waals surface area contributed by atoms with Gasteiger partial charge in [0, 0.05) is 16.7 Å². The van der Waals surface area contributed by atoms with E-state index in [0.717, 1.165) is 89.3 Å². The molecule has 11 aromatic rings. The zero-order valence-corrected chi connectivity index (χ0v) is 36.3. The maximum Gasteiger partial charge on any atom is 0.160 e. The van der Waals surface area contributed by atoms with Gasteiger partial charge in [-0.05, 0) is 108 Å². The lowest BCUT2D eigenvalue weighted by Gasteiger charge is -2.24. The Labute approximate surface area is 386 Å². The van der Waals surface area contributed by atoms with E-state index < -0.39 is 0 Å². The van der Waals surface area contributed by atoms with Crippen molar-refractivity contribution in [1.29, 1.82) is 0 Å². The maximum absolute atomic E-state index is 5.40. The molecular formula is C64H44N2. The van der Waals surface area contributed by atoms with Crippen LogP contribution in [0.4, 0.5) is 0 Å². The fourth-order valence-corrected chi connectivity index (χ4v) is 9.13. The number of benzene rings is 10. The second kappa shape index (κ2) is 18.2. The fraction of sp³-hybridized carbons (Fsp3) is 0. The maximum atomic E-state index is 5.40. The average molecular weight is 841 g/mol. The Kier molecular flexibility index (Phi) is 11.0. The van der Waals surface area contributed by atoms with E-state index in [9.17, 15) is 0 Å². The molecule has 0 atom stereocenters. The summed E-state index contributed by atoms with van der Waals surface area (Å²) in [6.07, 6.45) is 0. The first-order valence-electron chi connectivity index (χ1n) is 22.5. The molecule has 10 aromatic carbocycles. The van der Waals surface area contributed by atoms with Crippen LogP contribution in [0.3, 0.4) is 0 Å². The van der Waals surface area contributed by atoms with Gasteiger partial charge in [-0.2, -0.15) is 0 Å². The third-order valence-electron chi connectivity index (χ3n) is 12.3. The van der Waals surface area contributed by atoms with Crippen LogP contribution >= 0.6 is 0 Å². The fourth-order valence-electron chi connectivity index (χ4n) is 9.13. The number of aromatic nitrogens is 2. The highest BCUT2D eigenvalue weighted by Gasteiger charge is 2.24. The molecular weight excluding hydrogens is 797 g/mol.